The molecule has 2 aromatic rings. The van der Waals surface area contributed by atoms with E-state index < -0.39 is 11.6 Å². The fraction of sp³-hybridized carbons (Fsp3) is 0. The second-order valence-corrected chi connectivity index (χ2v) is 3.85. The minimum atomic E-state index is -0.723. The van der Waals surface area contributed by atoms with Crippen LogP contribution in [-0.2, 0) is 0 Å². The van der Waals surface area contributed by atoms with Crippen LogP contribution in [0.15, 0.2) is 40.7 Å². The maximum Gasteiger partial charge on any atom is 0.258 e. The molecular weight excluding hydrogens is 278 g/mol. The molecule has 0 bridgehead atoms. The quantitative estimate of drug-likeness (QED) is 0.690. The maximum atomic E-state index is 13.3. The standard InChI is InChI=1S/C14H8F2N4O/c15-11(8-18)2-1-3-13-19-14(21-20-13)10-4-9(7-17)5-12(16)6-10/h1-6,8,18H/b3-1+,11-2+,18-8?. The first-order chi connectivity index (χ1) is 10.1. The largest absolute Gasteiger partial charge is 0.334 e. The molecule has 1 aromatic heterocycles. The van der Waals surface area contributed by atoms with Crippen LogP contribution in [0.1, 0.15) is 11.4 Å². The van der Waals surface area contributed by atoms with Crippen molar-refractivity contribution in [3.05, 3.63) is 53.4 Å². The van der Waals surface area contributed by atoms with Crippen molar-refractivity contribution in [2.24, 2.45) is 0 Å². The highest BCUT2D eigenvalue weighted by atomic mass is 19.1. The zero-order valence-corrected chi connectivity index (χ0v) is 10.5. The lowest BCUT2D eigenvalue weighted by atomic mass is 10.1. The predicted molar refractivity (Wildman–Crippen MR) is 71.4 cm³/mol. The van der Waals surface area contributed by atoms with Crippen LogP contribution in [0.3, 0.4) is 0 Å². The molecule has 1 heterocycles. The lowest BCUT2D eigenvalue weighted by molar-refractivity contribution is 0.428. The zero-order valence-electron chi connectivity index (χ0n) is 10.5. The molecule has 104 valence electrons. The van der Waals surface area contributed by atoms with Crippen molar-refractivity contribution in [1.82, 2.24) is 10.1 Å². The van der Waals surface area contributed by atoms with Gasteiger partial charge in [-0.1, -0.05) is 11.2 Å². The van der Waals surface area contributed by atoms with Gasteiger partial charge in [-0.25, -0.2) is 8.78 Å². The minimum absolute atomic E-state index is 0.0437. The van der Waals surface area contributed by atoms with E-state index in [1.807, 2.05) is 6.07 Å². The van der Waals surface area contributed by atoms with Gasteiger partial charge in [-0.2, -0.15) is 10.2 Å². The molecule has 7 heteroatoms. The molecule has 5 nitrogen and oxygen atoms in total. The van der Waals surface area contributed by atoms with Crippen LogP contribution in [0.5, 0.6) is 0 Å². The number of nitriles is 1. The fourth-order valence-electron chi connectivity index (χ4n) is 1.47. The summed E-state index contributed by atoms with van der Waals surface area (Å²) in [6.07, 6.45) is 4.28. The van der Waals surface area contributed by atoms with Gasteiger partial charge in [0, 0.05) is 5.56 Å². The molecule has 0 aliphatic heterocycles. The Labute approximate surface area is 118 Å². The third kappa shape index (κ3) is 3.67. The minimum Gasteiger partial charge on any atom is -0.334 e. The Hall–Kier alpha value is -3.14. The Kier molecular flexibility index (Phi) is 4.31. The van der Waals surface area contributed by atoms with Gasteiger partial charge < -0.3 is 9.93 Å². The van der Waals surface area contributed by atoms with Crippen molar-refractivity contribution in [3.63, 3.8) is 0 Å². The first-order valence-corrected chi connectivity index (χ1v) is 5.71. The summed E-state index contributed by atoms with van der Waals surface area (Å²) in [5.74, 6) is -1.11. The number of hydrogen-bond donors (Lipinski definition) is 1. The third-order valence-electron chi connectivity index (χ3n) is 2.35. The molecule has 1 N–H and O–H groups in total. The number of allylic oxidation sites excluding steroid dienone is 3. The van der Waals surface area contributed by atoms with Crippen molar-refractivity contribution >= 4 is 12.3 Å². The average Bonchev–Trinajstić information content (AvgIpc) is 2.95. The van der Waals surface area contributed by atoms with Gasteiger partial charge >= 0.3 is 0 Å². The normalized spacial score (nSPS) is 11.6. The van der Waals surface area contributed by atoms with E-state index in [1.165, 1.54) is 18.2 Å². The van der Waals surface area contributed by atoms with Crippen LogP contribution in [0.25, 0.3) is 17.5 Å². The number of rotatable bonds is 4. The average molecular weight is 286 g/mol. The van der Waals surface area contributed by atoms with Crippen LogP contribution in [-0.4, -0.2) is 16.4 Å². The summed E-state index contributed by atoms with van der Waals surface area (Å²) >= 11 is 0. The van der Waals surface area contributed by atoms with E-state index in [4.69, 9.17) is 15.2 Å². The fourth-order valence-corrected chi connectivity index (χ4v) is 1.47. The second kappa shape index (κ2) is 6.34. The van der Waals surface area contributed by atoms with Crippen molar-refractivity contribution < 1.29 is 13.3 Å². The molecule has 0 saturated heterocycles. The second-order valence-electron chi connectivity index (χ2n) is 3.85. The van der Waals surface area contributed by atoms with Crippen LogP contribution >= 0.6 is 0 Å². The van der Waals surface area contributed by atoms with E-state index in [2.05, 4.69) is 10.1 Å². The number of hydrogen-bond acceptors (Lipinski definition) is 5. The Morgan fingerprint density at radius 3 is 2.90 bits per heavy atom. The topological polar surface area (TPSA) is 86.6 Å². The van der Waals surface area contributed by atoms with E-state index in [9.17, 15) is 8.78 Å². The van der Waals surface area contributed by atoms with Gasteiger partial charge in [-0.05, 0) is 30.4 Å². The van der Waals surface area contributed by atoms with Gasteiger partial charge in [0.1, 0.15) is 11.6 Å². The first-order valence-electron chi connectivity index (χ1n) is 5.71. The molecule has 0 spiro atoms. The van der Waals surface area contributed by atoms with Gasteiger partial charge in [-0.15, -0.1) is 0 Å². The van der Waals surface area contributed by atoms with Gasteiger partial charge in [0.05, 0.1) is 17.8 Å². The van der Waals surface area contributed by atoms with E-state index in [0.717, 1.165) is 18.2 Å². The zero-order chi connectivity index (χ0) is 15.2. The van der Waals surface area contributed by atoms with E-state index in [0.29, 0.717) is 6.21 Å². The van der Waals surface area contributed by atoms with Crippen LogP contribution < -0.4 is 0 Å². The molecule has 2 rings (SSSR count). The number of aromatic nitrogens is 2. The smallest absolute Gasteiger partial charge is 0.258 e. The Morgan fingerprint density at radius 1 is 1.38 bits per heavy atom. The van der Waals surface area contributed by atoms with Gasteiger partial charge in [0.25, 0.3) is 5.89 Å². The molecule has 0 unspecified atom stereocenters. The summed E-state index contributed by atoms with van der Waals surface area (Å²) in [6, 6.07) is 5.49. The molecule has 0 radical (unpaired) electrons. The molecular formula is C14H8F2N4O. The summed E-state index contributed by atoms with van der Waals surface area (Å²) in [6.45, 7) is 0. The highest BCUT2D eigenvalue weighted by Crippen LogP contribution is 2.20. The van der Waals surface area contributed by atoms with Gasteiger partial charge in [-0.3, -0.25) is 0 Å². The molecule has 0 aliphatic rings. The van der Waals surface area contributed by atoms with E-state index in [1.54, 1.807) is 0 Å². The number of nitrogens with zero attached hydrogens (tertiary/aromatic N) is 3. The SMILES string of the molecule is N#Cc1cc(F)cc(-c2nc(/C=C/C=C(/F)C=N)no2)c1. The molecule has 0 fully saturated rings. The molecule has 1 aromatic carbocycles. The molecule has 21 heavy (non-hydrogen) atoms. The highest BCUT2D eigenvalue weighted by Gasteiger charge is 2.09. The summed E-state index contributed by atoms with van der Waals surface area (Å²) in [4.78, 5) is 3.97. The predicted octanol–water partition coefficient (Wildman–Crippen LogP) is 3.26. The lowest BCUT2D eigenvalue weighted by Gasteiger charge is -1.95. The van der Waals surface area contributed by atoms with Crippen molar-refractivity contribution in [3.8, 4) is 17.5 Å². The summed E-state index contributed by atoms with van der Waals surface area (Å²) in [7, 11) is 0. The van der Waals surface area contributed by atoms with E-state index >= 15 is 0 Å². The van der Waals surface area contributed by atoms with Gasteiger partial charge in [0.15, 0.2) is 5.82 Å². The third-order valence-corrected chi connectivity index (χ3v) is 2.35. The highest BCUT2D eigenvalue weighted by molar-refractivity contribution is 5.73. The van der Waals surface area contributed by atoms with Crippen LogP contribution in [0, 0.1) is 22.6 Å². The summed E-state index contributed by atoms with van der Waals surface area (Å²) in [5, 5.41) is 19.0. The monoisotopic (exact) mass is 286 g/mol. The summed E-state index contributed by atoms with van der Waals surface area (Å²) in [5.41, 5.74) is 0.413. The Bertz CT molecular complexity index is 772. The first kappa shape index (κ1) is 14.3. The van der Waals surface area contributed by atoms with Gasteiger partial charge in [0.2, 0.25) is 0 Å². The molecule has 0 aliphatic carbocycles. The van der Waals surface area contributed by atoms with Crippen molar-refractivity contribution in [2.45, 2.75) is 0 Å². The Balaban J connectivity index is 2.26. The van der Waals surface area contributed by atoms with Crippen LogP contribution in [0.2, 0.25) is 0 Å². The Morgan fingerprint density at radius 2 is 2.19 bits per heavy atom. The van der Waals surface area contributed by atoms with Crippen molar-refractivity contribution in [2.75, 3.05) is 0 Å². The summed E-state index contributed by atoms with van der Waals surface area (Å²) < 4.78 is 30.9. The molecule has 0 saturated carbocycles. The molecule has 0 atom stereocenters. The lowest BCUT2D eigenvalue weighted by Crippen LogP contribution is -1.84. The number of nitrogens with one attached hydrogen (secondary N) is 1. The number of halogens is 2. The maximum absolute atomic E-state index is 13.3. The van der Waals surface area contributed by atoms with Crippen LogP contribution in [0.4, 0.5) is 8.78 Å². The van der Waals surface area contributed by atoms with Crippen molar-refractivity contribution in [1.29, 1.82) is 10.7 Å². The van der Waals surface area contributed by atoms with E-state index in [-0.39, 0.29) is 22.8 Å². The molecule has 0 amide bonds. The number of benzene rings is 1.